The van der Waals surface area contributed by atoms with E-state index in [9.17, 15) is 14.4 Å². The number of benzene rings is 1. The first-order valence-electron chi connectivity index (χ1n) is 9.14. The van der Waals surface area contributed by atoms with Crippen molar-refractivity contribution in [1.29, 1.82) is 0 Å². The van der Waals surface area contributed by atoms with Crippen LogP contribution in [0.3, 0.4) is 0 Å². The standard InChI is InChI=1S/C20H23N3O4S/c1-3-14-7-4-5-8-15(14)21-17(24)13-23-16-9-12-28-18(16)19(25)22(20(23)26)10-6-11-27-2/h4-5,7-9,12H,3,6,10-11,13H2,1-2H3,(H,21,24). The van der Waals surface area contributed by atoms with Gasteiger partial charge in [-0.05, 0) is 35.9 Å². The minimum absolute atomic E-state index is 0.158. The van der Waals surface area contributed by atoms with Crippen LogP contribution >= 0.6 is 11.3 Å². The Kier molecular flexibility index (Phi) is 6.43. The minimum atomic E-state index is -0.481. The lowest BCUT2D eigenvalue weighted by atomic mass is 10.1. The van der Waals surface area contributed by atoms with Crippen LogP contribution in [-0.2, 0) is 29.0 Å². The van der Waals surface area contributed by atoms with Crippen molar-refractivity contribution in [2.75, 3.05) is 19.0 Å². The maximum atomic E-state index is 12.9. The third-order valence-electron chi connectivity index (χ3n) is 4.54. The number of amides is 1. The molecule has 1 aromatic carbocycles. The molecule has 0 radical (unpaired) electrons. The van der Waals surface area contributed by atoms with E-state index in [2.05, 4.69) is 5.32 Å². The summed E-state index contributed by atoms with van der Waals surface area (Å²) in [5, 5.41) is 4.63. The lowest BCUT2D eigenvalue weighted by Gasteiger charge is -2.13. The van der Waals surface area contributed by atoms with Gasteiger partial charge in [0.1, 0.15) is 11.2 Å². The molecule has 148 valence electrons. The largest absolute Gasteiger partial charge is 0.385 e. The topological polar surface area (TPSA) is 82.3 Å². The highest BCUT2D eigenvalue weighted by Gasteiger charge is 2.16. The van der Waals surface area contributed by atoms with Crippen LogP contribution in [0.4, 0.5) is 5.69 Å². The highest BCUT2D eigenvalue weighted by Crippen LogP contribution is 2.17. The number of aromatic nitrogens is 2. The molecule has 0 spiro atoms. The average molecular weight is 401 g/mol. The number of hydrogen-bond acceptors (Lipinski definition) is 5. The van der Waals surface area contributed by atoms with Crippen molar-refractivity contribution >= 4 is 33.1 Å². The van der Waals surface area contributed by atoms with Gasteiger partial charge in [-0.1, -0.05) is 25.1 Å². The first-order chi connectivity index (χ1) is 13.6. The minimum Gasteiger partial charge on any atom is -0.385 e. The van der Waals surface area contributed by atoms with E-state index in [-0.39, 0.29) is 24.6 Å². The molecule has 3 rings (SSSR count). The molecule has 7 nitrogen and oxygen atoms in total. The van der Waals surface area contributed by atoms with Gasteiger partial charge >= 0.3 is 5.69 Å². The molecular weight excluding hydrogens is 378 g/mol. The molecule has 0 fully saturated rings. The number of anilines is 1. The molecule has 0 unspecified atom stereocenters. The van der Waals surface area contributed by atoms with Gasteiger partial charge in [-0.25, -0.2) is 4.79 Å². The van der Waals surface area contributed by atoms with Gasteiger partial charge in [-0.2, -0.15) is 0 Å². The van der Waals surface area contributed by atoms with Gasteiger partial charge in [0.05, 0.1) is 5.52 Å². The molecule has 0 aliphatic carbocycles. The quantitative estimate of drug-likeness (QED) is 0.588. The Hall–Kier alpha value is -2.71. The molecule has 0 aliphatic heterocycles. The van der Waals surface area contributed by atoms with Gasteiger partial charge < -0.3 is 10.1 Å². The zero-order chi connectivity index (χ0) is 20.1. The molecule has 2 aromatic heterocycles. The Morgan fingerprint density at radius 1 is 1.18 bits per heavy atom. The third kappa shape index (κ3) is 4.07. The Bertz CT molecular complexity index is 1100. The lowest BCUT2D eigenvalue weighted by Crippen LogP contribution is -2.41. The predicted octanol–water partition coefficient (Wildman–Crippen LogP) is 2.46. The fraction of sp³-hybridized carbons (Fsp3) is 0.350. The van der Waals surface area contributed by atoms with Crippen molar-refractivity contribution in [2.45, 2.75) is 32.9 Å². The van der Waals surface area contributed by atoms with Crippen molar-refractivity contribution in [3.8, 4) is 0 Å². The summed E-state index contributed by atoms with van der Waals surface area (Å²) in [6.45, 7) is 2.55. The smallest absolute Gasteiger partial charge is 0.332 e. The van der Waals surface area contributed by atoms with E-state index in [1.165, 1.54) is 20.5 Å². The molecule has 0 atom stereocenters. The number of ether oxygens (including phenoxy) is 1. The summed E-state index contributed by atoms with van der Waals surface area (Å²) in [6, 6.07) is 9.27. The predicted molar refractivity (Wildman–Crippen MR) is 111 cm³/mol. The lowest BCUT2D eigenvalue weighted by molar-refractivity contribution is -0.116. The summed E-state index contributed by atoms with van der Waals surface area (Å²) in [6.07, 6.45) is 1.33. The first kappa shape index (κ1) is 20.0. The van der Waals surface area contributed by atoms with Crippen LogP contribution in [-0.4, -0.2) is 28.8 Å². The summed E-state index contributed by atoms with van der Waals surface area (Å²) in [4.78, 5) is 38.2. The number of rotatable bonds is 8. The molecule has 2 heterocycles. The molecule has 0 bridgehead atoms. The molecule has 0 saturated carbocycles. The van der Waals surface area contributed by atoms with Gasteiger partial charge in [0.2, 0.25) is 5.91 Å². The van der Waals surface area contributed by atoms with Crippen molar-refractivity contribution in [3.63, 3.8) is 0 Å². The highest BCUT2D eigenvalue weighted by molar-refractivity contribution is 7.17. The zero-order valence-electron chi connectivity index (χ0n) is 15.9. The van der Waals surface area contributed by atoms with Gasteiger partial charge in [-0.15, -0.1) is 11.3 Å². The molecule has 3 aromatic rings. The molecule has 1 N–H and O–H groups in total. The SMILES string of the molecule is CCc1ccccc1NC(=O)Cn1c(=O)n(CCCOC)c(=O)c2sccc21. The average Bonchev–Trinajstić information content (AvgIpc) is 3.18. The van der Waals surface area contributed by atoms with Crippen LogP contribution < -0.4 is 16.6 Å². The number of nitrogens with zero attached hydrogens (tertiary/aromatic N) is 2. The fourth-order valence-corrected chi connectivity index (χ4v) is 3.98. The number of thiophene rings is 1. The van der Waals surface area contributed by atoms with Crippen LogP contribution in [0.25, 0.3) is 10.2 Å². The Balaban J connectivity index is 1.93. The second-order valence-corrected chi connectivity index (χ2v) is 7.28. The number of fused-ring (bicyclic) bond motifs is 1. The summed E-state index contributed by atoms with van der Waals surface area (Å²) in [5.41, 5.74) is 1.44. The van der Waals surface area contributed by atoms with E-state index in [1.807, 2.05) is 31.2 Å². The van der Waals surface area contributed by atoms with E-state index in [1.54, 1.807) is 18.6 Å². The maximum absolute atomic E-state index is 12.9. The van der Waals surface area contributed by atoms with Gasteiger partial charge in [0.15, 0.2) is 0 Å². The Labute approximate surface area is 166 Å². The number of hydrogen-bond donors (Lipinski definition) is 1. The number of carbonyl (C=O) groups is 1. The van der Waals surface area contributed by atoms with E-state index >= 15 is 0 Å². The van der Waals surface area contributed by atoms with E-state index < -0.39 is 5.69 Å². The van der Waals surface area contributed by atoms with Gasteiger partial charge in [-0.3, -0.25) is 18.7 Å². The Morgan fingerprint density at radius 2 is 1.96 bits per heavy atom. The molecule has 8 heteroatoms. The van der Waals surface area contributed by atoms with Crippen LogP contribution in [0.2, 0.25) is 0 Å². The zero-order valence-corrected chi connectivity index (χ0v) is 16.8. The molecule has 28 heavy (non-hydrogen) atoms. The maximum Gasteiger partial charge on any atom is 0.332 e. The van der Waals surface area contributed by atoms with Crippen molar-refractivity contribution in [1.82, 2.24) is 9.13 Å². The van der Waals surface area contributed by atoms with Gasteiger partial charge in [0.25, 0.3) is 5.56 Å². The van der Waals surface area contributed by atoms with Crippen LogP contribution in [0.5, 0.6) is 0 Å². The van der Waals surface area contributed by atoms with Crippen molar-refractivity contribution in [2.24, 2.45) is 0 Å². The van der Waals surface area contributed by atoms with Crippen LogP contribution in [0, 0.1) is 0 Å². The number of methoxy groups -OCH3 is 1. The van der Waals surface area contributed by atoms with E-state index in [0.29, 0.717) is 23.2 Å². The Morgan fingerprint density at radius 3 is 2.71 bits per heavy atom. The number of nitrogens with one attached hydrogen (secondary N) is 1. The van der Waals surface area contributed by atoms with E-state index in [4.69, 9.17) is 4.74 Å². The number of carbonyl (C=O) groups excluding carboxylic acids is 1. The van der Waals surface area contributed by atoms with E-state index in [0.717, 1.165) is 17.7 Å². The highest BCUT2D eigenvalue weighted by atomic mass is 32.1. The van der Waals surface area contributed by atoms with Crippen molar-refractivity contribution < 1.29 is 9.53 Å². The molecule has 0 aliphatic rings. The van der Waals surface area contributed by atoms with Crippen LogP contribution in [0.15, 0.2) is 45.3 Å². The first-order valence-corrected chi connectivity index (χ1v) is 10.0. The molecule has 0 saturated heterocycles. The second kappa shape index (κ2) is 8.99. The summed E-state index contributed by atoms with van der Waals surface area (Å²) >= 11 is 1.27. The molecular formula is C20H23N3O4S. The number of para-hydroxylation sites is 1. The number of aryl methyl sites for hydroxylation is 1. The van der Waals surface area contributed by atoms with Crippen molar-refractivity contribution in [3.05, 3.63) is 62.1 Å². The van der Waals surface area contributed by atoms with Gasteiger partial charge in [0, 0.05) is 25.9 Å². The monoisotopic (exact) mass is 401 g/mol. The normalized spacial score (nSPS) is 11.1. The van der Waals surface area contributed by atoms with Crippen LogP contribution in [0.1, 0.15) is 18.9 Å². The fourth-order valence-electron chi connectivity index (χ4n) is 3.13. The summed E-state index contributed by atoms with van der Waals surface area (Å²) < 4.78 is 8.03. The molecule has 1 amide bonds. The summed E-state index contributed by atoms with van der Waals surface area (Å²) in [5.74, 6) is -0.308. The third-order valence-corrected chi connectivity index (χ3v) is 5.43. The second-order valence-electron chi connectivity index (χ2n) is 6.37. The summed E-state index contributed by atoms with van der Waals surface area (Å²) in [7, 11) is 1.57.